The lowest BCUT2D eigenvalue weighted by molar-refractivity contribution is -0.0271. The van der Waals surface area contributed by atoms with Gasteiger partial charge in [-0.1, -0.05) is 99.6 Å². The fourth-order valence-electron chi connectivity index (χ4n) is 4.18. The van der Waals surface area contributed by atoms with Crippen LogP contribution in [0.1, 0.15) is 82.1 Å². The SMILES string of the molecule is Br.CC1C(CO[Si](C)(C)C(C)(C)C)CC(O[Si](C)(C)C(C)(C)C)CC1O[Si](C)(C)C(C)(C)C.PP(P)c1ccccc1. The standard InChI is InChI=1S/C26H58O3Si3.C6H9P3.BrH/c1-20-21(19-27-30(11,12)24(2,3)4)17-22(28-31(13,14)25(5,6)7)18-23(20)29-32(15,16)26(8,9)10;7-9(8)6-4-2-1-3-5-6;/h20-23H,17-19H2,1-16H3;1-5H,7-8H2;1H. The van der Waals surface area contributed by atoms with E-state index >= 15 is 0 Å². The molecule has 0 saturated heterocycles. The molecule has 10 heteroatoms. The van der Waals surface area contributed by atoms with Crippen molar-refractivity contribution in [3.05, 3.63) is 30.3 Å². The molecule has 248 valence electrons. The van der Waals surface area contributed by atoms with Gasteiger partial charge in [-0.3, -0.25) is 0 Å². The highest BCUT2D eigenvalue weighted by Crippen LogP contribution is 2.51. The fourth-order valence-corrected chi connectivity index (χ4v) is 9.59. The molecular formula is C32H68BrO3P3Si3. The zero-order valence-corrected chi connectivity index (χ0v) is 38.0. The van der Waals surface area contributed by atoms with Gasteiger partial charge in [0.25, 0.3) is 0 Å². The minimum atomic E-state index is -1.85. The van der Waals surface area contributed by atoms with E-state index in [1.807, 2.05) is 6.07 Å². The van der Waals surface area contributed by atoms with Crippen LogP contribution in [0.4, 0.5) is 0 Å². The number of hydrogen-bond acceptors (Lipinski definition) is 3. The Morgan fingerprint density at radius 3 is 1.52 bits per heavy atom. The number of benzene rings is 1. The highest BCUT2D eigenvalue weighted by atomic mass is 79.9. The van der Waals surface area contributed by atoms with Crippen LogP contribution in [0.3, 0.4) is 0 Å². The van der Waals surface area contributed by atoms with Crippen LogP contribution in [0.25, 0.3) is 0 Å². The summed E-state index contributed by atoms with van der Waals surface area (Å²) in [6, 6.07) is 10.5. The van der Waals surface area contributed by atoms with Gasteiger partial charge < -0.3 is 13.3 Å². The van der Waals surface area contributed by atoms with E-state index < -0.39 is 25.0 Å². The molecule has 0 bridgehead atoms. The predicted octanol–water partition coefficient (Wildman–Crippen LogP) is 11.8. The Labute approximate surface area is 281 Å². The van der Waals surface area contributed by atoms with E-state index in [2.05, 4.69) is 151 Å². The maximum absolute atomic E-state index is 7.05. The van der Waals surface area contributed by atoms with Gasteiger partial charge in [-0.15, -0.1) is 34.8 Å². The molecule has 1 fully saturated rings. The summed E-state index contributed by atoms with van der Waals surface area (Å²) < 4.78 is 20.8. The summed E-state index contributed by atoms with van der Waals surface area (Å²) in [7, 11) is 0.0681. The molecule has 6 unspecified atom stereocenters. The third-order valence-electron chi connectivity index (χ3n) is 10.4. The smallest absolute Gasteiger partial charge is 0.192 e. The van der Waals surface area contributed by atoms with E-state index in [1.165, 1.54) is 5.30 Å². The molecule has 0 aromatic heterocycles. The van der Waals surface area contributed by atoms with Gasteiger partial charge in [0.1, 0.15) is 0 Å². The molecule has 0 amide bonds. The first kappa shape index (κ1) is 43.5. The third kappa shape index (κ3) is 13.0. The summed E-state index contributed by atoms with van der Waals surface area (Å²) in [5, 5.41) is 2.08. The summed E-state index contributed by atoms with van der Waals surface area (Å²) in [6.07, 6.45) is 2.65. The Bertz CT molecular complexity index is 927. The van der Waals surface area contributed by atoms with Crippen LogP contribution >= 0.6 is 42.1 Å². The van der Waals surface area contributed by atoms with Crippen LogP contribution in [-0.4, -0.2) is 43.8 Å². The van der Waals surface area contributed by atoms with Crippen LogP contribution in [0.5, 0.6) is 0 Å². The van der Waals surface area contributed by atoms with Crippen LogP contribution < -0.4 is 5.30 Å². The second kappa shape index (κ2) is 16.6. The van der Waals surface area contributed by atoms with Gasteiger partial charge in [-0.2, -0.15) is 0 Å². The van der Waals surface area contributed by atoms with Crippen LogP contribution in [0.15, 0.2) is 30.3 Å². The van der Waals surface area contributed by atoms with Gasteiger partial charge in [0.05, 0.1) is 6.10 Å². The topological polar surface area (TPSA) is 27.7 Å². The van der Waals surface area contributed by atoms with Crippen molar-refractivity contribution in [2.75, 3.05) is 6.61 Å². The molecule has 1 saturated carbocycles. The molecule has 2 rings (SSSR count). The van der Waals surface area contributed by atoms with Crippen molar-refractivity contribution >= 4 is 72.4 Å². The molecule has 0 radical (unpaired) electrons. The van der Waals surface area contributed by atoms with Crippen LogP contribution in [0.2, 0.25) is 54.4 Å². The van der Waals surface area contributed by atoms with Crippen molar-refractivity contribution in [1.29, 1.82) is 0 Å². The first-order chi connectivity index (χ1) is 18.2. The first-order valence-corrected chi connectivity index (χ1v) is 28.9. The summed E-state index contributed by atoms with van der Waals surface area (Å²) in [5.74, 6) is 0.982. The fraction of sp³-hybridized carbons (Fsp3) is 0.812. The Balaban J connectivity index is 0.00000142. The van der Waals surface area contributed by atoms with Crippen LogP contribution in [0, 0.1) is 11.8 Å². The monoisotopic (exact) mass is 756 g/mol. The van der Waals surface area contributed by atoms with Crippen molar-refractivity contribution < 1.29 is 13.3 Å². The molecular weight excluding hydrogens is 689 g/mol. The van der Waals surface area contributed by atoms with Crippen molar-refractivity contribution in [2.24, 2.45) is 11.8 Å². The summed E-state index contributed by atoms with van der Waals surface area (Å²) in [5.41, 5.74) is 0. The van der Waals surface area contributed by atoms with E-state index in [9.17, 15) is 0 Å². The average Bonchev–Trinajstić information content (AvgIpc) is 2.78. The predicted molar refractivity (Wildman–Crippen MR) is 212 cm³/mol. The highest BCUT2D eigenvalue weighted by molar-refractivity contribution is 8.93. The van der Waals surface area contributed by atoms with Crippen molar-refractivity contribution in [3.8, 4) is 0 Å². The first-order valence-electron chi connectivity index (χ1n) is 15.6. The minimum absolute atomic E-state index is 0. The zero-order chi connectivity index (χ0) is 32.2. The molecule has 1 aliphatic carbocycles. The van der Waals surface area contributed by atoms with E-state index in [4.69, 9.17) is 13.3 Å². The van der Waals surface area contributed by atoms with Crippen molar-refractivity contribution in [1.82, 2.24) is 0 Å². The van der Waals surface area contributed by atoms with E-state index in [0.29, 0.717) is 11.8 Å². The molecule has 0 aliphatic heterocycles. The number of halogens is 1. The molecule has 6 atom stereocenters. The maximum Gasteiger partial charge on any atom is 0.192 e. The summed E-state index contributed by atoms with van der Waals surface area (Å²) in [4.78, 5) is 0. The van der Waals surface area contributed by atoms with Gasteiger partial charge in [0, 0.05) is 12.7 Å². The third-order valence-corrected chi connectivity index (χ3v) is 26.7. The Morgan fingerprint density at radius 2 is 1.14 bits per heavy atom. The molecule has 1 aliphatic rings. The minimum Gasteiger partial charge on any atom is -0.417 e. The van der Waals surface area contributed by atoms with Crippen molar-refractivity contribution in [2.45, 2.75) is 149 Å². The average molecular weight is 758 g/mol. The lowest BCUT2D eigenvalue weighted by Gasteiger charge is -2.49. The number of rotatable bonds is 8. The Hall–Kier alpha value is 1.52. The maximum atomic E-state index is 7.05. The number of hydrogen-bond donors (Lipinski definition) is 0. The quantitative estimate of drug-likeness (QED) is 0.195. The van der Waals surface area contributed by atoms with Gasteiger partial charge in [0.15, 0.2) is 25.0 Å². The molecule has 3 nitrogen and oxygen atoms in total. The Morgan fingerprint density at radius 1 is 0.714 bits per heavy atom. The molecule has 1 aromatic carbocycles. The second-order valence-electron chi connectivity index (χ2n) is 16.8. The zero-order valence-electron chi connectivity index (χ0n) is 30.1. The largest absolute Gasteiger partial charge is 0.417 e. The Kier molecular flexibility index (Phi) is 17.2. The van der Waals surface area contributed by atoms with Crippen molar-refractivity contribution in [3.63, 3.8) is 0 Å². The van der Waals surface area contributed by atoms with Gasteiger partial charge in [-0.25, -0.2) is 0 Å². The van der Waals surface area contributed by atoms with Crippen LogP contribution in [-0.2, 0) is 13.3 Å². The summed E-state index contributed by atoms with van der Waals surface area (Å²) in [6.45, 7) is 38.6. The molecule has 0 spiro atoms. The van der Waals surface area contributed by atoms with E-state index in [-0.39, 0.29) is 51.6 Å². The lowest BCUT2D eigenvalue weighted by atomic mass is 9.77. The van der Waals surface area contributed by atoms with Gasteiger partial charge >= 0.3 is 0 Å². The lowest BCUT2D eigenvalue weighted by Crippen LogP contribution is -2.53. The molecule has 42 heavy (non-hydrogen) atoms. The summed E-state index contributed by atoms with van der Waals surface area (Å²) >= 11 is 0. The van der Waals surface area contributed by atoms with Gasteiger partial charge in [-0.05, 0) is 91.7 Å². The molecule has 1 aromatic rings. The van der Waals surface area contributed by atoms with E-state index in [0.717, 1.165) is 19.4 Å². The second-order valence-corrected chi connectivity index (χ2v) is 37.6. The van der Waals surface area contributed by atoms with E-state index in [1.54, 1.807) is 0 Å². The molecule has 0 N–H and O–H groups in total. The highest BCUT2D eigenvalue weighted by Gasteiger charge is 2.47. The normalized spacial score (nSPS) is 22.7. The van der Waals surface area contributed by atoms with Gasteiger partial charge in [0.2, 0.25) is 0 Å². The molecule has 0 heterocycles.